The van der Waals surface area contributed by atoms with Crippen LogP contribution in [0, 0.1) is 6.92 Å². The summed E-state index contributed by atoms with van der Waals surface area (Å²) < 4.78 is 0. The Morgan fingerprint density at radius 2 is 1.73 bits per heavy atom. The molecule has 2 heteroatoms. The monoisotopic (exact) mass is 339 g/mol. The fourth-order valence-electron chi connectivity index (χ4n) is 4.41. The van der Waals surface area contributed by atoms with Crippen LogP contribution in [0.25, 0.3) is 16.3 Å². The van der Waals surface area contributed by atoms with E-state index in [1.807, 2.05) is 0 Å². The summed E-state index contributed by atoms with van der Waals surface area (Å²) in [6.45, 7) is 2.09. The molecule has 5 rings (SSSR count). The van der Waals surface area contributed by atoms with Crippen LogP contribution in [-0.4, -0.2) is 5.78 Å². The van der Waals surface area contributed by atoms with E-state index in [0.29, 0.717) is 12.2 Å². The molecule has 2 nitrogen and oxygen atoms in total. The molecule has 1 atom stereocenters. The number of hydrogen-bond donors (Lipinski definition) is 1. The molecular formula is C24H21NO. The Bertz CT molecular complexity index is 1060. The lowest BCUT2D eigenvalue weighted by atomic mass is 9.77. The van der Waals surface area contributed by atoms with Gasteiger partial charge in [0.05, 0.1) is 6.04 Å². The Morgan fingerprint density at radius 1 is 0.923 bits per heavy atom. The van der Waals surface area contributed by atoms with E-state index in [9.17, 15) is 4.79 Å². The first kappa shape index (κ1) is 15.4. The van der Waals surface area contributed by atoms with Crippen LogP contribution in [0.2, 0.25) is 0 Å². The molecule has 0 saturated heterocycles. The molecule has 128 valence electrons. The molecule has 0 saturated carbocycles. The number of benzene rings is 3. The lowest BCUT2D eigenvalue weighted by molar-refractivity contribution is -0.116. The van der Waals surface area contributed by atoms with Gasteiger partial charge in [-0.2, -0.15) is 0 Å². The molecule has 1 aliphatic carbocycles. The van der Waals surface area contributed by atoms with E-state index in [1.165, 1.54) is 27.5 Å². The maximum Gasteiger partial charge on any atom is 0.161 e. The van der Waals surface area contributed by atoms with E-state index >= 15 is 0 Å². The molecule has 0 amide bonds. The summed E-state index contributed by atoms with van der Waals surface area (Å²) >= 11 is 0. The molecule has 0 unspecified atom stereocenters. The minimum atomic E-state index is -0.0490. The fourth-order valence-corrected chi connectivity index (χ4v) is 4.41. The molecule has 1 heterocycles. The van der Waals surface area contributed by atoms with Crippen LogP contribution in [-0.2, 0) is 4.79 Å². The van der Waals surface area contributed by atoms with Crippen LogP contribution < -0.4 is 5.32 Å². The lowest BCUT2D eigenvalue weighted by Gasteiger charge is -2.35. The van der Waals surface area contributed by atoms with Crippen molar-refractivity contribution in [2.45, 2.75) is 32.2 Å². The average Bonchev–Trinajstić information content (AvgIpc) is 2.68. The van der Waals surface area contributed by atoms with Gasteiger partial charge in [0, 0.05) is 23.2 Å². The van der Waals surface area contributed by atoms with Gasteiger partial charge in [-0.05, 0) is 47.7 Å². The third kappa shape index (κ3) is 2.29. The molecular weight excluding hydrogens is 318 g/mol. The first-order valence-corrected chi connectivity index (χ1v) is 9.34. The van der Waals surface area contributed by atoms with Crippen LogP contribution >= 0.6 is 0 Å². The van der Waals surface area contributed by atoms with E-state index in [-0.39, 0.29) is 6.04 Å². The number of aryl methyl sites for hydroxylation is 1. The second-order valence-corrected chi connectivity index (χ2v) is 7.37. The molecule has 0 fully saturated rings. The van der Waals surface area contributed by atoms with Gasteiger partial charge in [-0.1, -0.05) is 60.2 Å². The predicted molar refractivity (Wildman–Crippen MR) is 107 cm³/mol. The van der Waals surface area contributed by atoms with Crippen LogP contribution in [0.3, 0.4) is 0 Å². The van der Waals surface area contributed by atoms with E-state index in [4.69, 9.17) is 0 Å². The molecule has 2 aliphatic rings. The molecule has 3 aromatic rings. The van der Waals surface area contributed by atoms with Gasteiger partial charge < -0.3 is 5.32 Å². The van der Waals surface area contributed by atoms with Crippen molar-refractivity contribution in [1.82, 2.24) is 0 Å². The van der Waals surface area contributed by atoms with Gasteiger partial charge in [0.2, 0.25) is 0 Å². The Kier molecular flexibility index (Phi) is 3.46. The first-order chi connectivity index (χ1) is 12.7. The highest BCUT2D eigenvalue weighted by Crippen LogP contribution is 2.47. The number of allylic oxidation sites excluding steroid dienone is 1. The van der Waals surface area contributed by atoms with Gasteiger partial charge >= 0.3 is 0 Å². The number of anilines is 1. The molecule has 0 spiro atoms. The molecule has 0 radical (unpaired) electrons. The van der Waals surface area contributed by atoms with Crippen molar-refractivity contribution in [3.8, 4) is 0 Å². The number of carbonyl (C=O) groups is 1. The van der Waals surface area contributed by atoms with Gasteiger partial charge in [0.1, 0.15) is 0 Å². The number of Topliss-reactive ketones (excluding diaryl/α,β-unsaturated/α-hetero) is 1. The molecule has 26 heavy (non-hydrogen) atoms. The minimum Gasteiger partial charge on any atom is -0.373 e. The summed E-state index contributed by atoms with van der Waals surface area (Å²) in [7, 11) is 0. The van der Waals surface area contributed by atoms with E-state index in [1.54, 1.807) is 0 Å². The average molecular weight is 339 g/mol. The Hall–Kier alpha value is -2.87. The zero-order valence-electron chi connectivity index (χ0n) is 14.9. The van der Waals surface area contributed by atoms with Crippen LogP contribution in [0.4, 0.5) is 5.69 Å². The number of nitrogens with one attached hydrogen (secondary N) is 1. The quantitative estimate of drug-likeness (QED) is 0.605. The Morgan fingerprint density at radius 3 is 2.58 bits per heavy atom. The highest BCUT2D eigenvalue weighted by molar-refractivity contribution is 6.12. The maximum absolute atomic E-state index is 12.9. The second-order valence-electron chi connectivity index (χ2n) is 7.37. The topological polar surface area (TPSA) is 29.1 Å². The smallest absolute Gasteiger partial charge is 0.161 e. The van der Waals surface area contributed by atoms with Crippen molar-refractivity contribution in [1.29, 1.82) is 0 Å². The normalized spacial score (nSPS) is 19.1. The highest BCUT2D eigenvalue weighted by atomic mass is 16.1. The SMILES string of the molecule is Cc1ccc([C@@H]2Nc3ccc4ccccc4c3C3=C2C(=O)CCC3)cc1. The van der Waals surface area contributed by atoms with Crippen molar-refractivity contribution >= 4 is 27.8 Å². The largest absolute Gasteiger partial charge is 0.373 e. The zero-order chi connectivity index (χ0) is 17.7. The number of rotatable bonds is 1. The Balaban J connectivity index is 1.78. The third-order valence-corrected chi connectivity index (χ3v) is 5.69. The van der Waals surface area contributed by atoms with Gasteiger partial charge in [0.15, 0.2) is 5.78 Å². The van der Waals surface area contributed by atoms with E-state index < -0.39 is 0 Å². The fraction of sp³-hybridized carbons (Fsp3) is 0.208. The molecule has 0 aromatic heterocycles. The summed E-state index contributed by atoms with van der Waals surface area (Å²) in [5, 5.41) is 6.14. The summed E-state index contributed by atoms with van der Waals surface area (Å²) in [5.41, 5.74) is 7.00. The van der Waals surface area contributed by atoms with Crippen LogP contribution in [0.15, 0.2) is 66.2 Å². The lowest BCUT2D eigenvalue weighted by Crippen LogP contribution is -2.27. The van der Waals surface area contributed by atoms with Crippen LogP contribution in [0.1, 0.15) is 42.0 Å². The van der Waals surface area contributed by atoms with E-state index in [2.05, 4.69) is 72.9 Å². The third-order valence-electron chi connectivity index (χ3n) is 5.69. The minimum absolute atomic E-state index is 0.0490. The number of hydrogen-bond acceptors (Lipinski definition) is 2. The first-order valence-electron chi connectivity index (χ1n) is 9.34. The summed E-state index contributed by atoms with van der Waals surface area (Å²) in [4.78, 5) is 12.9. The summed E-state index contributed by atoms with van der Waals surface area (Å²) in [6.07, 6.45) is 2.58. The standard InChI is InChI=1S/C24H21NO/c1-15-9-11-17(12-10-15)24-23-19(7-4-8-21(23)26)22-18-6-3-2-5-16(18)13-14-20(22)25-24/h2-3,5-6,9-14,24-25H,4,7-8H2,1H3/t24-/m0/s1. The van der Waals surface area contributed by atoms with Crippen molar-refractivity contribution < 1.29 is 4.79 Å². The maximum atomic E-state index is 12.9. The Labute approximate surface area is 153 Å². The zero-order valence-corrected chi connectivity index (χ0v) is 14.9. The van der Waals surface area contributed by atoms with Crippen molar-refractivity contribution in [3.05, 3.63) is 82.9 Å². The van der Waals surface area contributed by atoms with Gasteiger partial charge in [-0.15, -0.1) is 0 Å². The van der Waals surface area contributed by atoms with Crippen molar-refractivity contribution in [2.24, 2.45) is 0 Å². The van der Waals surface area contributed by atoms with Crippen molar-refractivity contribution in [2.75, 3.05) is 5.32 Å². The molecule has 0 bridgehead atoms. The summed E-state index contributed by atoms with van der Waals surface area (Å²) in [5.74, 6) is 0.294. The molecule has 3 aromatic carbocycles. The van der Waals surface area contributed by atoms with E-state index in [0.717, 1.165) is 29.7 Å². The van der Waals surface area contributed by atoms with Crippen LogP contribution in [0.5, 0.6) is 0 Å². The predicted octanol–water partition coefficient (Wildman–Crippen LogP) is 5.82. The van der Waals surface area contributed by atoms with Crippen molar-refractivity contribution in [3.63, 3.8) is 0 Å². The van der Waals surface area contributed by atoms with Gasteiger partial charge in [-0.3, -0.25) is 4.79 Å². The molecule has 1 N–H and O–H groups in total. The summed E-state index contributed by atoms with van der Waals surface area (Å²) in [6, 6.07) is 21.3. The highest BCUT2D eigenvalue weighted by Gasteiger charge is 2.34. The van der Waals surface area contributed by atoms with Gasteiger partial charge in [0.25, 0.3) is 0 Å². The number of carbonyl (C=O) groups excluding carboxylic acids is 1. The number of fused-ring (bicyclic) bond motifs is 4. The second kappa shape index (κ2) is 5.84. The van der Waals surface area contributed by atoms with Gasteiger partial charge in [-0.25, -0.2) is 0 Å². The molecule has 1 aliphatic heterocycles. The number of ketones is 1.